The predicted octanol–water partition coefficient (Wildman–Crippen LogP) is 2.36. The lowest BCUT2D eigenvalue weighted by atomic mass is 10.2. The third kappa shape index (κ3) is 2.31. The van der Waals surface area contributed by atoms with Gasteiger partial charge in [0.1, 0.15) is 0 Å². The van der Waals surface area contributed by atoms with Crippen molar-refractivity contribution in [2.45, 2.75) is 13.8 Å². The maximum absolute atomic E-state index is 10.9. The highest BCUT2D eigenvalue weighted by Gasteiger charge is 2.07. The molecule has 0 bridgehead atoms. The van der Waals surface area contributed by atoms with E-state index in [9.17, 15) is 4.79 Å². The molecule has 0 saturated carbocycles. The molecule has 0 aliphatic rings. The van der Waals surface area contributed by atoms with Crippen LogP contribution in [0, 0.1) is 6.92 Å². The molecule has 1 aromatic heterocycles. The van der Waals surface area contributed by atoms with E-state index >= 15 is 0 Å². The van der Waals surface area contributed by atoms with Gasteiger partial charge in [0.05, 0.1) is 5.70 Å². The van der Waals surface area contributed by atoms with Crippen molar-refractivity contribution in [1.29, 1.82) is 0 Å². The summed E-state index contributed by atoms with van der Waals surface area (Å²) in [4.78, 5) is 10.9. The number of carbonyl (C=O) groups excluding carboxylic acids is 1. The minimum absolute atomic E-state index is 0.569. The Morgan fingerprint density at radius 3 is 2.73 bits per heavy atom. The fourth-order valence-electron chi connectivity index (χ4n) is 1.34. The molecule has 0 atom stereocenters. The monoisotopic (exact) mass is 202 g/mol. The molecule has 0 amide bonds. The van der Waals surface area contributed by atoms with Gasteiger partial charge in [-0.3, -0.25) is 4.79 Å². The van der Waals surface area contributed by atoms with Crippen molar-refractivity contribution in [3.05, 3.63) is 48.3 Å². The van der Waals surface area contributed by atoms with Crippen LogP contribution in [-0.2, 0) is 4.79 Å². The molecule has 1 heterocycles. The summed E-state index contributed by atoms with van der Waals surface area (Å²) >= 11 is 0. The summed E-state index contributed by atoms with van der Waals surface area (Å²) in [6, 6.07) is 1.89. The molecule has 0 aromatic carbocycles. The van der Waals surface area contributed by atoms with Crippen molar-refractivity contribution >= 4 is 12.0 Å². The molecule has 0 aliphatic carbocycles. The lowest BCUT2D eigenvalue weighted by molar-refractivity contribution is -0.104. The van der Waals surface area contributed by atoms with E-state index in [4.69, 9.17) is 0 Å². The number of hydrogen-bond acceptors (Lipinski definition) is 2. The Balaban J connectivity index is 3.21. The molecule has 0 radical (unpaired) electrons. The number of aryl methyl sites for hydroxylation is 1. The van der Waals surface area contributed by atoms with Crippen LogP contribution in [0.15, 0.2) is 42.6 Å². The minimum atomic E-state index is 0.569. The van der Waals surface area contributed by atoms with Gasteiger partial charge in [-0.2, -0.15) is 5.10 Å². The van der Waals surface area contributed by atoms with Crippen LogP contribution in [0.5, 0.6) is 0 Å². The predicted molar refractivity (Wildman–Crippen MR) is 61.3 cm³/mol. The van der Waals surface area contributed by atoms with Crippen LogP contribution in [0.3, 0.4) is 0 Å². The largest absolute Gasteiger partial charge is 0.298 e. The molecular weight excluding hydrogens is 188 g/mol. The fourth-order valence-corrected chi connectivity index (χ4v) is 1.34. The maximum Gasteiger partial charge on any atom is 0.152 e. The van der Waals surface area contributed by atoms with Gasteiger partial charge in [0.2, 0.25) is 0 Å². The SMILES string of the molecule is C=C/C=C(C=O)\C(=C/C)n1nccc1C. The maximum atomic E-state index is 10.9. The van der Waals surface area contributed by atoms with Crippen LogP contribution >= 0.6 is 0 Å². The van der Waals surface area contributed by atoms with E-state index in [0.717, 1.165) is 17.7 Å². The van der Waals surface area contributed by atoms with Gasteiger partial charge < -0.3 is 0 Å². The van der Waals surface area contributed by atoms with Gasteiger partial charge in [0, 0.05) is 17.5 Å². The van der Waals surface area contributed by atoms with Crippen LogP contribution in [-0.4, -0.2) is 16.1 Å². The van der Waals surface area contributed by atoms with E-state index in [0.29, 0.717) is 5.57 Å². The summed E-state index contributed by atoms with van der Waals surface area (Å²) in [6.07, 6.45) is 7.62. The number of carbonyl (C=O) groups is 1. The molecule has 0 spiro atoms. The molecule has 1 rings (SSSR count). The zero-order valence-electron chi connectivity index (χ0n) is 8.97. The first-order chi connectivity index (χ1) is 7.24. The highest BCUT2D eigenvalue weighted by Crippen LogP contribution is 2.15. The lowest BCUT2D eigenvalue weighted by Gasteiger charge is -2.08. The van der Waals surface area contributed by atoms with E-state index in [1.165, 1.54) is 0 Å². The second kappa shape index (κ2) is 5.10. The lowest BCUT2D eigenvalue weighted by Crippen LogP contribution is -2.04. The number of rotatable bonds is 4. The minimum Gasteiger partial charge on any atom is -0.298 e. The van der Waals surface area contributed by atoms with Gasteiger partial charge in [0.15, 0.2) is 6.29 Å². The molecule has 0 N–H and O–H groups in total. The Hall–Kier alpha value is -1.90. The Morgan fingerprint density at radius 2 is 2.33 bits per heavy atom. The second-order valence-electron chi connectivity index (χ2n) is 3.03. The van der Waals surface area contributed by atoms with Gasteiger partial charge in [0.25, 0.3) is 0 Å². The van der Waals surface area contributed by atoms with Crippen LogP contribution in [0.25, 0.3) is 5.70 Å². The summed E-state index contributed by atoms with van der Waals surface area (Å²) in [5.74, 6) is 0. The molecule has 15 heavy (non-hydrogen) atoms. The van der Waals surface area contributed by atoms with Crippen molar-refractivity contribution in [2.75, 3.05) is 0 Å². The summed E-state index contributed by atoms with van der Waals surface area (Å²) < 4.78 is 1.73. The van der Waals surface area contributed by atoms with Crippen molar-refractivity contribution in [3.63, 3.8) is 0 Å². The highest BCUT2D eigenvalue weighted by atomic mass is 16.1. The van der Waals surface area contributed by atoms with Crippen molar-refractivity contribution < 1.29 is 4.79 Å². The van der Waals surface area contributed by atoms with E-state index in [2.05, 4.69) is 11.7 Å². The standard InChI is InChI=1S/C12H14N2O/c1-4-6-11(9-15)12(5-2)14-10(3)7-8-13-14/h4-9H,1H2,2-3H3/b11-6-,12-5+. The third-order valence-electron chi connectivity index (χ3n) is 2.05. The Morgan fingerprint density at radius 1 is 1.60 bits per heavy atom. The van der Waals surface area contributed by atoms with Crippen LogP contribution in [0.2, 0.25) is 0 Å². The first-order valence-electron chi connectivity index (χ1n) is 4.70. The van der Waals surface area contributed by atoms with Gasteiger partial charge in [-0.1, -0.05) is 24.8 Å². The van der Waals surface area contributed by atoms with Crippen molar-refractivity contribution in [1.82, 2.24) is 9.78 Å². The normalized spacial score (nSPS) is 12.7. The average Bonchev–Trinajstić information content (AvgIpc) is 2.65. The summed E-state index contributed by atoms with van der Waals surface area (Å²) in [7, 11) is 0. The quantitative estimate of drug-likeness (QED) is 0.427. The number of hydrogen-bond donors (Lipinski definition) is 0. The average molecular weight is 202 g/mol. The molecule has 0 aliphatic heterocycles. The van der Waals surface area contributed by atoms with Gasteiger partial charge in [-0.25, -0.2) is 4.68 Å². The number of allylic oxidation sites excluding steroid dienone is 5. The Kier molecular flexibility index (Phi) is 3.80. The Labute approximate surface area is 89.4 Å². The molecule has 78 valence electrons. The second-order valence-corrected chi connectivity index (χ2v) is 3.03. The molecule has 3 heteroatoms. The highest BCUT2D eigenvalue weighted by molar-refractivity contribution is 5.92. The molecule has 0 fully saturated rings. The molecule has 0 saturated heterocycles. The first kappa shape index (κ1) is 11.2. The molecule has 0 unspecified atom stereocenters. The summed E-state index contributed by atoms with van der Waals surface area (Å²) in [5, 5.41) is 4.15. The zero-order chi connectivity index (χ0) is 11.3. The number of aromatic nitrogens is 2. The molecular formula is C12H14N2O. The van der Waals surface area contributed by atoms with E-state index in [-0.39, 0.29) is 0 Å². The van der Waals surface area contributed by atoms with Crippen LogP contribution in [0.1, 0.15) is 12.6 Å². The fraction of sp³-hybridized carbons (Fsp3) is 0.167. The molecule has 1 aromatic rings. The van der Waals surface area contributed by atoms with E-state index in [1.807, 2.05) is 26.0 Å². The van der Waals surface area contributed by atoms with Crippen molar-refractivity contribution in [3.8, 4) is 0 Å². The topological polar surface area (TPSA) is 34.9 Å². The first-order valence-corrected chi connectivity index (χ1v) is 4.70. The van der Waals surface area contributed by atoms with Gasteiger partial charge in [-0.05, 0) is 19.9 Å². The summed E-state index contributed by atoms with van der Waals surface area (Å²) in [6.45, 7) is 7.39. The zero-order valence-corrected chi connectivity index (χ0v) is 8.97. The number of nitrogens with zero attached hydrogens (tertiary/aromatic N) is 2. The van der Waals surface area contributed by atoms with Gasteiger partial charge in [-0.15, -0.1) is 0 Å². The van der Waals surface area contributed by atoms with Crippen LogP contribution < -0.4 is 0 Å². The van der Waals surface area contributed by atoms with Crippen molar-refractivity contribution in [2.24, 2.45) is 0 Å². The summed E-state index contributed by atoms with van der Waals surface area (Å²) in [5.41, 5.74) is 2.33. The van der Waals surface area contributed by atoms with Gasteiger partial charge >= 0.3 is 0 Å². The third-order valence-corrected chi connectivity index (χ3v) is 2.05. The molecule has 3 nitrogen and oxygen atoms in total. The Bertz CT molecular complexity index is 425. The number of aldehydes is 1. The van der Waals surface area contributed by atoms with Crippen LogP contribution in [0.4, 0.5) is 0 Å². The smallest absolute Gasteiger partial charge is 0.152 e. The van der Waals surface area contributed by atoms with E-state index in [1.54, 1.807) is 23.0 Å². The van der Waals surface area contributed by atoms with E-state index < -0.39 is 0 Å².